The molecule has 6 nitrogen and oxygen atoms in total. The van der Waals surface area contributed by atoms with Gasteiger partial charge in [0.1, 0.15) is 12.7 Å². The molecule has 130 valence electrons. The molecule has 0 aromatic rings. The minimum absolute atomic E-state index is 0.0739. The molecule has 0 spiro atoms. The van der Waals surface area contributed by atoms with Gasteiger partial charge in [0, 0.05) is 6.42 Å². The van der Waals surface area contributed by atoms with Crippen molar-refractivity contribution in [3.63, 3.8) is 0 Å². The zero-order valence-corrected chi connectivity index (χ0v) is 14.6. The summed E-state index contributed by atoms with van der Waals surface area (Å²) in [6.07, 6.45) is 4.66. The number of rotatable bonds is 14. The van der Waals surface area contributed by atoms with Crippen molar-refractivity contribution in [3.8, 4) is 0 Å². The van der Waals surface area contributed by atoms with E-state index in [0.717, 1.165) is 25.7 Å². The Hall–Kier alpha value is -0.420. The fourth-order valence-electron chi connectivity index (χ4n) is 1.70. The Morgan fingerprint density at radius 1 is 1.14 bits per heavy atom. The topological polar surface area (TPSA) is 74.4 Å². The molecule has 0 aliphatic carbocycles. The fraction of sp³-hybridized carbons (Fsp3) is 0.933. The van der Waals surface area contributed by atoms with Gasteiger partial charge >= 0.3 is 13.6 Å². The van der Waals surface area contributed by atoms with Gasteiger partial charge in [0.15, 0.2) is 0 Å². The average molecular weight is 336 g/mol. The quantitative estimate of drug-likeness (QED) is 0.209. The van der Waals surface area contributed by atoms with Gasteiger partial charge in [0.05, 0.1) is 26.0 Å². The van der Waals surface area contributed by atoms with E-state index in [-0.39, 0.29) is 24.7 Å². The van der Waals surface area contributed by atoms with Crippen LogP contribution in [0.25, 0.3) is 0 Å². The standard InChI is InChI=1S/C15H29O6P/c1-3-5-9-20-22(17,21-10-6-4-2)11-7-8-15(16)19-13-14-12-18-14/h14H,3-13H2,1-2H3. The smallest absolute Gasteiger partial charge is 0.330 e. The highest BCUT2D eigenvalue weighted by Gasteiger charge is 2.26. The number of epoxide rings is 1. The Labute approximate surface area is 133 Å². The van der Waals surface area contributed by atoms with Crippen LogP contribution in [0.3, 0.4) is 0 Å². The second kappa shape index (κ2) is 11.2. The first kappa shape index (κ1) is 19.6. The lowest BCUT2D eigenvalue weighted by Gasteiger charge is -2.18. The van der Waals surface area contributed by atoms with Gasteiger partial charge in [0.25, 0.3) is 0 Å². The van der Waals surface area contributed by atoms with E-state index in [1.807, 2.05) is 13.8 Å². The SMILES string of the molecule is CCCCOP(=O)(CCCC(=O)OCC1CO1)OCCCC. The molecule has 0 aromatic carbocycles. The molecule has 0 aromatic heterocycles. The Balaban J connectivity index is 2.24. The lowest BCUT2D eigenvalue weighted by Crippen LogP contribution is -2.11. The third kappa shape index (κ3) is 9.57. The van der Waals surface area contributed by atoms with Crippen molar-refractivity contribution in [1.29, 1.82) is 0 Å². The maximum atomic E-state index is 12.6. The van der Waals surface area contributed by atoms with E-state index in [2.05, 4.69) is 0 Å². The zero-order valence-electron chi connectivity index (χ0n) is 13.8. The first-order valence-corrected chi connectivity index (χ1v) is 9.97. The first-order chi connectivity index (χ1) is 10.6. The number of carbonyl (C=O) groups excluding carboxylic acids is 1. The largest absolute Gasteiger partial charge is 0.463 e. The number of hydrogen-bond donors (Lipinski definition) is 0. The molecule has 0 saturated carbocycles. The van der Waals surface area contributed by atoms with Gasteiger partial charge in [-0.1, -0.05) is 26.7 Å². The van der Waals surface area contributed by atoms with Crippen LogP contribution < -0.4 is 0 Å². The van der Waals surface area contributed by atoms with E-state index in [4.69, 9.17) is 18.5 Å². The summed E-state index contributed by atoms with van der Waals surface area (Å²) in [6, 6.07) is 0. The van der Waals surface area contributed by atoms with E-state index >= 15 is 0 Å². The van der Waals surface area contributed by atoms with E-state index in [1.165, 1.54) is 0 Å². The van der Waals surface area contributed by atoms with Gasteiger partial charge in [-0.3, -0.25) is 9.36 Å². The number of carbonyl (C=O) groups is 1. The average Bonchev–Trinajstić information content (AvgIpc) is 3.30. The molecular formula is C15H29O6P. The summed E-state index contributed by atoms with van der Waals surface area (Å²) in [7, 11) is -3.09. The molecule has 0 radical (unpaired) electrons. The van der Waals surface area contributed by atoms with Gasteiger partial charge in [-0.15, -0.1) is 0 Å². The minimum Gasteiger partial charge on any atom is -0.463 e. The molecule has 1 aliphatic rings. The number of ether oxygens (including phenoxy) is 2. The molecule has 0 amide bonds. The summed E-state index contributed by atoms with van der Waals surface area (Å²) in [5.41, 5.74) is 0. The van der Waals surface area contributed by atoms with Gasteiger partial charge < -0.3 is 18.5 Å². The van der Waals surface area contributed by atoms with Crippen molar-refractivity contribution in [2.45, 2.75) is 58.5 Å². The first-order valence-electron chi connectivity index (χ1n) is 8.25. The van der Waals surface area contributed by atoms with Crippen LogP contribution in [-0.4, -0.2) is 44.7 Å². The second-order valence-electron chi connectivity index (χ2n) is 5.45. The van der Waals surface area contributed by atoms with Crippen LogP contribution in [0.15, 0.2) is 0 Å². The fourth-order valence-corrected chi connectivity index (χ4v) is 3.39. The maximum Gasteiger partial charge on any atom is 0.330 e. The van der Waals surface area contributed by atoms with Gasteiger partial charge in [-0.2, -0.15) is 0 Å². The summed E-state index contributed by atoms with van der Waals surface area (Å²) >= 11 is 0. The number of esters is 1. The molecule has 0 N–H and O–H groups in total. The predicted molar refractivity (Wildman–Crippen MR) is 84.1 cm³/mol. The van der Waals surface area contributed by atoms with E-state index in [1.54, 1.807) is 0 Å². The molecule has 1 fully saturated rings. The molecule has 1 rings (SSSR count). The Morgan fingerprint density at radius 3 is 2.23 bits per heavy atom. The van der Waals surface area contributed by atoms with Gasteiger partial charge in [0.2, 0.25) is 0 Å². The molecule has 22 heavy (non-hydrogen) atoms. The normalized spacial score (nSPS) is 17.5. The van der Waals surface area contributed by atoms with E-state index in [9.17, 15) is 9.36 Å². The Morgan fingerprint density at radius 2 is 1.73 bits per heavy atom. The third-order valence-corrected chi connectivity index (χ3v) is 5.23. The predicted octanol–water partition coefficient (Wildman–Crippen LogP) is 3.54. The van der Waals surface area contributed by atoms with Crippen molar-refractivity contribution < 1.29 is 27.9 Å². The molecule has 1 atom stereocenters. The number of hydrogen-bond acceptors (Lipinski definition) is 6. The van der Waals surface area contributed by atoms with Crippen LogP contribution in [0.4, 0.5) is 0 Å². The highest BCUT2D eigenvalue weighted by atomic mass is 31.2. The highest BCUT2D eigenvalue weighted by molar-refractivity contribution is 7.53. The lowest BCUT2D eigenvalue weighted by atomic mass is 10.3. The molecule has 1 aliphatic heterocycles. The molecule has 7 heteroatoms. The monoisotopic (exact) mass is 336 g/mol. The van der Waals surface area contributed by atoms with Crippen molar-refractivity contribution in [1.82, 2.24) is 0 Å². The van der Waals surface area contributed by atoms with Gasteiger partial charge in [-0.25, -0.2) is 0 Å². The second-order valence-corrected chi connectivity index (χ2v) is 7.64. The Kier molecular flexibility index (Phi) is 9.96. The van der Waals surface area contributed by atoms with Gasteiger partial charge in [-0.05, 0) is 19.3 Å². The Bertz CT molecular complexity index is 342. The third-order valence-electron chi connectivity index (χ3n) is 3.22. The molecule has 1 saturated heterocycles. The van der Waals surface area contributed by atoms with Crippen molar-refractivity contribution in [3.05, 3.63) is 0 Å². The molecule has 0 bridgehead atoms. The van der Waals surface area contributed by atoms with Crippen molar-refractivity contribution >= 4 is 13.6 Å². The molecule has 1 unspecified atom stereocenters. The van der Waals surface area contributed by atoms with Crippen LogP contribution in [-0.2, 0) is 27.9 Å². The van der Waals surface area contributed by atoms with E-state index in [0.29, 0.717) is 32.8 Å². The summed E-state index contributed by atoms with van der Waals surface area (Å²) in [6.45, 7) is 5.94. The van der Waals surface area contributed by atoms with Crippen molar-refractivity contribution in [2.24, 2.45) is 0 Å². The van der Waals surface area contributed by atoms with Crippen LogP contribution in [0.5, 0.6) is 0 Å². The van der Waals surface area contributed by atoms with Crippen LogP contribution in [0.1, 0.15) is 52.4 Å². The highest BCUT2D eigenvalue weighted by Crippen LogP contribution is 2.49. The zero-order chi connectivity index (χ0) is 16.3. The molecule has 1 heterocycles. The van der Waals surface area contributed by atoms with Crippen LogP contribution in [0.2, 0.25) is 0 Å². The van der Waals surface area contributed by atoms with Crippen molar-refractivity contribution in [2.75, 3.05) is 32.6 Å². The van der Waals surface area contributed by atoms with Crippen LogP contribution in [0, 0.1) is 0 Å². The maximum absolute atomic E-state index is 12.6. The summed E-state index contributed by atoms with van der Waals surface area (Å²) < 4.78 is 33.5. The summed E-state index contributed by atoms with van der Waals surface area (Å²) in [5, 5.41) is 0. The summed E-state index contributed by atoms with van der Waals surface area (Å²) in [5.74, 6) is -0.288. The lowest BCUT2D eigenvalue weighted by molar-refractivity contribution is -0.144. The van der Waals surface area contributed by atoms with E-state index < -0.39 is 7.60 Å². The summed E-state index contributed by atoms with van der Waals surface area (Å²) in [4.78, 5) is 11.5. The number of unbranched alkanes of at least 4 members (excludes halogenated alkanes) is 2. The molecular weight excluding hydrogens is 307 g/mol. The van der Waals surface area contributed by atoms with Crippen LogP contribution >= 0.6 is 7.60 Å². The minimum atomic E-state index is -3.09.